The van der Waals surface area contributed by atoms with E-state index in [1.165, 1.54) is 11.1 Å². The van der Waals surface area contributed by atoms with Gasteiger partial charge in [0.05, 0.1) is 7.11 Å². The van der Waals surface area contributed by atoms with Gasteiger partial charge in [-0.2, -0.15) is 0 Å². The van der Waals surface area contributed by atoms with Gasteiger partial charge in [0.1, 0.15) is 5.75 Å². The molecule has 0 aliphatic heterocycles. The van der Waals surface area contributed by atoms with Gasteiger partial charge in [-0.3, -0.25) is 0 Å². The van der Waals surface area contributed by atoms with Crippen LogP contribution in [-0.2, 0) is 6.42 Å². The Labute approximate surface area is 103 Å². The lowest BCUT2D eigenvalue weighted by Gasteiger charge is -2.20. The molecule has 3 nitrogen and oxygen atoms in total. The molecule has 17 heavy (non-hydrogen) atoms. The molecule has 2 atom stereocenters. The fraction of sp³-hybridized carbons (Fsp3) is 0.571. The van der Waals surface area contributed by atoms with E-state index in [9.17, 15) is 0 Å². The zero-order chi connectivity index (χ0) is 12.3. The first kappa shape index (κ1) is 12.4. The smallest absolute Gasteiger partial charge is 0.119 e. The number of ether oxygens (including phenoxy) is 1. The Hall–Kier alpha value is -1.06. The van der Waals surface area contributed by atoms with E-state index in [0.717, 1.165) is 25.0 Å². The molecule has 2 rings (SSSR count). The molecule has 0 fully saturated rings. The summed E-state index contributed by atoms with van der Waals surface area (Å²) >= 11 is 0. The van der Waals surface area contributed by atoms with Gasteiger partial charge in [0.25, 0.3) is 0 Å². The minimum Gasteiger partial charge on any atom is -0.497 e. The molecule has 0 amide bonds. The SMILES string of the molecule is COc1ccc2c(c1)C(NC(C)CCO)CC2. The van der Waals surface area contributed by atoms with Crippen LogP contribution in [0, 0.1) is 0 Å². The van der Waals surface area contributed by atoms with Crippen LogP contribution in [0.2, 0.25) is 0 Å². The third-order valence-electron chi connectivity index (χ3n) is 3.48. The summed E-state index contributed by atoms with van der Waals surface area (Å²) in [6, 6.07) is 7.07. The van der Waals surface area contributed by atoms with Crippen molar-refractivity contribution in [3.63, 3.8) is 0 Å². The molecule has 0 spiro atoms. The van der Waals surface area contributed by atoms with Crippen molar-refractivity contribution in [1.29, 1.82) is 0 Å². The van der Waals surface area contributed by atoms with E-state index < -0.39 is 0 Å². The molecule has 1 aromatic carbocycles. The molecule has 0 saturated heterocycles. The molecule has 0 saturated carbocycles. The Morgan fingerprint density at radius 1 is 1.53 bits per heavy atom. The average Bonchev–Trinajstić information content (AvgIpc) is 2.72. The molecule has 0 radical (unpaired) electrons. The molecule has 94 valence electrons. The van der Waals surface area contributed by atoms with Crippen LogP contribution in [0.1, 0.15) is 36.9 Å². The van der Waals surface area contributed by atoms with Crippen molar-refractivity contribution < 1.29 is 9.84 Å². The zero-order valence-electron chi connectivity index (χ0n) is 10.6. The molecule has 1 aliphatic carbocycles. The van der Waals surface area contributed by atoms with Crippen molar-refractivity contribution in [2.75, 3.05) is 13.7 Å². The number of aliphatic hydroxyl groups excluding tert-OH is 1. The van der Waals surface area contributed by atoms with Gasteiger partial charge in [0, 0.05) is 18.7 Å². The van der Waals surface area contributed by atoms with Crippen molar-refractivity contribution in [2.45, 2.75) is 38.3 Å². The van der Waals surface area contributed by atoms with Crippen LogP contribution < -0.4 is 10.1 Å². The molecule has 2 unspecified atom stereocenters. The third kappa shape index (κ3) is 2.79. The maximum Gasteiger partial charge on any atom is 0.119 e. The number of benzene rings is 1. The minimum atomic E-state index is 0.242. The normalized spacial score (nSPS) is 20.1. The lowest BCUT2D eigenvalue weighted by atomic mass is 10.1. The Morgan fingerprint density at radius 2 is 2.35 bits per heavy atom. The van der Waals surface area contributed by atoms with Crippen molar-refractivity contribution in [3.8, 4) is 5.75 Å². The van der Waals surface area contributed by atoms with Gasteiger partial charge >= 0.3 is 0 Å². The highest BCUT2D eigenvalue weighted by Crippen LogP contribution is 2.34. The second kappa shape index (κ2) is 5.52. The minimum absolute atomic E-state index is 0.242. The number of hydrogen-bond donors (Lipinski definition) is 2. The molecule has 0 aromatic heterocycles. The number of rotatable bonds is 5. The molecular formula is C14H21NO2. The quantitative estimate of drug-likeness (QED) is 0.820. The number of hydrogen-bond acceptors (Lipinski definition) is 3. The van der Waals surface area contributed by atoms with E-state index in [-0.39, 0.29) is 6.61 Å². The Morgan fingerprint density at radius 3 is 3.06 bits per heavy atom. The van der Waals surface area contributed by atoms with Crippen LogP contribution in [0.5, 0.6) is 5.75 Å². The summed E-state index contributed by atoms with van der Waals surface area (Å²) in [4.78, 5) is 0. The van der Waals surface area contributed by atoms with Crippen LogP contribution in [0.25, 0.3) is 0 Å². The molecule has 0 heterocycles. The Balaban J connectivity index is 2.09. The Bertz CT molecular complexity index is 378. The summed E-state index contributed by atoms with van der Waals surface area (Å²) in [7, 11) is 1.70. The predicted octanol–water partition coefficient (Wildman–Crippen LogP) is 2.04. The summed E-state index contributed by atoms with van der Waals surface area (Å²) in [5.41, 5.74) is 2.77. The molecule has 1 aromatic rings. The second-order valence-corrected chi connectivity index (χ2v) is 4.74. The highest BCUT2D eigenvalue weighted by molar-refractivity contribution is 5.40. The summed E-state index contributed by atoms with van der Waals surface area (Å²) in [6.45, 7) is 2.36. The van der Waals surface area contributed by atoms with Gasteiger partial charge < -0.3 is 15.2 Å². The maximum atomic E-state index is 8.93. The monoisotopic (exact) mass is 235 g/mol. The average molecular weight is 235 g/mol. The Kier molecular flexibility index (Phi) is 4.02. The third-order valence-corrected chi connectivity index (χ3v) is 3.48. The van der Waals surface area contributed by atoms with Crippen LogP contribution in [0.3, 0.4) is 0 Å². The van der Waals surface area contributed by atoms with Crippen LogP contribution in [0.4, 0.5) is 0 Å². The highest BCUT2D eigenvalue weighted by Gasteiger charge is 2.23. The van der Waals surface area contributed by atoms with Crippen molar-refractivity contribution in [1.82, 2.24) is 5.32 Å². The largest absolute Gasteiger partial charge is 0.497 e. The van der Waals surface area contributed by atoms with E-state index in [2.05, 4.69) is 24.4 Å². The lowest BCUT2D eigenvalue weighted by Crippen LogP contribution is -2.30. The van der Waals surface area contributed by atoms with Crippen LogP contribution in [0.15, 0.2) is 18.2 Å². The first-order chi connectivity index (χ1) is 8.24. The van der Waals surface area contributed by atoms with Crippen molar-refractivity contribution in [2.24, 2.45) is 0 Å². The summed E-state index contributed by atoms with van der Waals surface area (Å²) in [6.07, 6.45) is 3.07. The lowest BCUT2D eigenvalue weighted by molar-refractivity contribution is 0.263. The number of methoxy groups -OCH3 is 1. The van der Waals surface area contributed by atoms with Gasteiger partial charge in [-0.1, -0.05) is 6.07 Å². The summed E-state index contributed by atoms with van der Waals surface area (Å²) in [5.74, 6) is 0.923. The van der Waals surface area contributed by atoms with E-state index in [0.29, 0.717) is 12.1 Å². The second-order valence-electron chi connectivity index (χ2n) is 4.74. The summed E-state index contributed by atoms with van der Waals surface area (Å²) < 4.78 is 5.27. The van der Waals surface area contributed by atoms with Gasteiger partial charge in [-0.15, -0.1) is 0 Å². The fourth-order valence-electron chi connectivity index (χ4n) is 2.50. The van der Waals surface area contributed by atoms with E-state index in [1.54, 1.807) is 7.11 Å². The van der Waals surface area contributed by atoms with Crippen LogP contribution in [-0.4, -0.2) is 24.9 Å². The number of aryl methyl sites for hydroxylation is 1. The molecule has 2 N–H and O–H groups in total. The van der Waals surface area contributed by atoms with Gasteiger partial charge in [-0.05, 0) is 49.4 Å². The maximum absolute atomic E-state index is 8.93. The highest BCUT2D eigenvalue weighted by atomic mass is 16.5. The fourth-order valence-corrected chi connectivity index (χ4v) is 2.50. The number of aliphatic hydroxyl groups is 1. The first-order valence-electron chi connectivity index (χ1n) is 6.28. The molecule has 0 bridgehead atoms. The van der Waals surface area contributed by atoms with E-state index >= 15 is 0 Å². The van der Waals surface area contributed by atoms with Gasteiger partial charge in [0.2, 0.25) is 0 Å². The first-order valence-corrected chi connectivity index (χ1v) is 6.28. The zero-order valence-corrected chi connectivity index (χ0v) is 10.6. The van der Waals surface area contributed by atoms with Crippen molar-refractivity contribution >= 4 is 0 Å². The van der Waals surface area contributed by atoms with E-state index in [4.69, 9.17) is 9.84 Å². The topological polar surface area (TPSA) is 41.5 Å². The van der Waals surface area contributed by atoms with Gasteiger partial charge in [-0.25, -0.2) is 0 Å². The molecular weight excluding hydrogens is 214 g/mol. The van der Waals surface area contributed by atoms with Crippen molar-refractivity contribution in [3.05, 3.63) is 29.3 Å². The predicted molar refractivity (Wildman–Crippen MR) is 68.4 cm³/mol. The molecule has 3 heteroatoms. The standard InChI is InChI=1S/C14H21NO2/c1-10(7-8-16)15-14-6-4-11-3-5-12(17-2)9-13(11)14/h3,5,9-10,14-16H,4,6-8H2,1-2H3. The van der Waals surface area contributed by atoms with E-state index in [1.807, 2.05) is 6.07 Å². The van der Waals surface area contributed by atoms with Crippen LogP contribution >= 0.6 is 0 Å². The molecule has 1 aliphatic rings. The summed E-state index contributed by atoms with van der Waals surface area (Å²) in [5, 5.41) is 12.5. The number of nitrogens with one attached hydrogen (secondary N) is 1. The van der Waals surface area contributed by atoms with Gasteiger partial charge in [0.15, 0.2) is 0 Å². The number of fused-ring (bicyclic) bond motifs is 1.